The van der Waals surface area contributed by atoms with Gasteiger partial charge >= 0.3 is 0 Å². The summed E-state index contributed by atoms with van der Waals surface area (Å²) in [5.41, 5.74) is 13.8. The number of rotatable bonds is 5. The zero-order chi connectivity index (χ0) is 29.7. The van der Waals surface area contributed by atoms with Crippen molar-refractivity contribution in [1.29, 1.82) is 0 Å². The first-order valence-electron chi connectivity index (χ1n) is 15.4. The molecule has 44 heavy (non-hydrogen) atoms. The van der Waals surface area contributed by atoms with Crippen molar-refractivity contribution < 1.29 is 0 Å². The van der Waals surface area contributed by atoms with Gasteiger partial charge in [-0.1, -0.05) is 141 Å². The molecule has 0 bridgehead atoms. The van der Waals surface area contributed by atoms with Crippen molar-refractivity contribution in [2.45, 2.75) is 19.3 Å². The molecule has 1 aliphatic rings. The molecule has 1 nitrogen and oxygen atoms in total. The Hall–Kier alpha value is -5.40. The smallest absolute Gasteiger partial charge is 0.0468 e. The molecule has 0 N–H and O–H groups in total. The first-order chi connectivity index (χ1) is 21.6. The minimum absolute atomic E-state index is 0.0314. The normalized spacial score (nSPS) is 13.0. The molecule has 0 atom stereocenters. The molecule has 7 aromatic carbocycles. The fraction of sp³-hybridized carbons (Fsp3) is 0.0698. The van der Waals surface area contributed by atoms with E-state index in [1.54, 1.807) is 0 Å². The summed E-state index contributed by atoms with van der Waals surface area (Å²) in [6.45, 7) is 4.70. The van der Waals surface area contributed by atoms with Gasteiger partial charge < -0.3 is 4.90 Å². The second-order valence-corrected chi connectivity index (χ2v) is 12.2. The summed E-state index contributed by atoms with van der Waals surface area (Å²) < 4.78 is 0. The van der Waals surface area contributed by atoms with Crippen LogP contribution in [0.15, 0.2) is 164 Å². The third-order valence-electron chi connectivity index (χ3n) is 9.27. The molecule has 7 aromatic rings. The number of benzene rings is 7. The summed E-state index contributed by atoms with van der Waals surface area (Å²) in [6, 6.07) is 59.5. The highest BCUT2D eigenvalue weighted by Crippen LogP contribution is 2.52. The third-order valence-corrected chi connectivity index (χ3v) is 9.27. The summed E-state index contributed by atoms with van der Waals surface area (Å²) >= 11 is 0. The summed E-state index contributed by atoms with van der Waals surface area (Å²) in [5.74, 6) is 0. The Morgan fingerprint density at radius 3 is 1.48 bits per heavy atom. The van der Waals surface area contributed by atoms with Crippen molar-refractivity contribution in [3.8, 4) is 33.4 Å². The van der Waals surface area contributed by atoms with Gasteiger partial charge in [0.2, 0.25) is 0 Å². The van der Waals surface area contributed by atoms with Crippen molar-refractivity contribution >= 4 is 27.8 Å². The monoisotopic (exact) mass is 563 g/mol. The fourth-order valence-electron chi connectivity index (χ4n) is 6.96. The van der Waals surface area contributed by atoms with Crippen molar-refractivity contribution in [1.82, 2.24) is 0 Å². The molecular weight excluding hydrogens is 530 g/mol. The average molecular weight is 564 g/mol. The number of anilines is 3. The van der Waals surface area contributed by atoms with Gasteiger partial charge in [0.1, 0.15) is 0 Å². The fourth-order valence-corrected chi connectivity index (χ4v) is 6.96. The van der Waals surface area contributed by atoms with E-state index in [9.17, 15) is 0 Å². The van der Waals surface area contributed by atoms with E-state index in [0.717, 1.165) is 17.1 Å². The highest BCUT2D eigenvalue weighted by molar-refractivity contribution is 6.04. The molecule has 0 heterocycles. The maximum absolute atomic E-state index is 2.39. The van der Waals surface area contributed by atoms with Crippen molar-refractivity contribution in [2.24, 2.45) is 0 Å². The van der Waals surface area contributed by atoms with Crippen LogP contribution in [0.1, 0.15) is 25.0 Å². The standard InChI is InChI=1S/C43H33N/c1-43(2)40-16-10-9-15-38(40)42-39-29-37(27-21-34(39)22-28-41(42)43)44(35-23-17-32(18-24-35)30-11-5-3-6-12-30)36-25-19-33(20-26-36)31-13-7-4-8-14-31/h3-29H,1-2H3. The molecule has 0 saturated carbocycles. The third kappa shape index (κ3) is 4.32. The molecule has 210 valence electrons. The van der Waals surface area contributed by atoms with Gasteiger partial charge in [-0.3, -0.25) is 0 Å². The Labute approximate surface area is 259 Å². The van der Waals surface area contributed by atoms with E-state index < -0.39 is 0 Å². The zero-order valence-electron chi connectivity index (χ0n) is 25.0. The van der Waals surface area contributed by atoms with E-state index in [-0.39, 0.29) is 5.41 Å². The molecule has 1 aliphatic carbocycles. The van der Waals surface area contributed by atoms with Crippen LogP contribution in [0, 0.1) is 0 Å². The predicted octanol–water partition coefficient (Wildman–Crippen LogP) is 11.9. The van der Waals surface area contributed by atoms with Gasteiger partial charge in [0, 0.05) is 22.5 Å². The molecule has 0 saturated heterocycles. The van der Waals surface area contributed by atoms with Gasteiger partial charge in [0.25, 0.3) is 0 Å². The Morgan fingerprint density at radius 2 is 0.886 bits per heavy atom. The highest BCUT2D eigenvalue weighted by Gasteiger charge is 2.36. The average Bonchev–Trinajstić information content (AvgIpc) is 3.33. The van der Waals surface area contributed by atoms with Crippen LogP contribution >= 0.6 is 0 Å². The van der Waals surface area contributed by atoms with Crippen LogP contribution < -0.4 is 4.90 Å². The van der Waals surface area contributed by atoms with Crippen LogP contribution in [-0.2, 0) is 5.41 Å². The predicted molar refractivity (Wildman–Crippen MR) is 187 cm³/mol. The lowest BCUT2D eigenvalue weighted by molar-refractivity contribution is 0.661. The Morgan fingerprint density at radius 1 is 0.409 bits per heavy atom. The molecule has 0 spiro atoms. The second-order valence-electron chi connectivity index (χ2n) is 12.2. The second kappa shape index (κ2) is 10.4. The largest absolute Gasteiger partial charge is 0.310 e. The van der Waals surface area contributed by atoms with E-state index in [4.69, 9.17) is 0 Å². The number of fused-ring (bicyclic) bond motifs is 5. The number of nitrogens with zero attached hydrogens (tertiary/aromatic N) is 1. The minimum atomic E-state index is -0.0314. The lowest BCUT2D eigenvalue weighted by Gasteiger charge is -2.27. The first-order valence-corrected chi connectivity index (χ1v) is 15.4. The van der Waals surface area contributed by atoms with Gasteiger partial charge in [-0.2, -0.15) is 0 Å². The molecule has 8 rings (SSSR count). The van der Waals surface area contributed by atoms with Crippen molar-refractivity contribution in [2.75, 3.05) is 4.90 Å². The van der Waals surface area contributed by atoms with Gasteiger partial charge in [0.15, 0.2) is 0 Å². The number of hydrogen-bond donors (Lipinski definition) is 0. The molecule has 0 fully saturated rings. The summed E-state index contributed by atoms with van der Waals surface area (Å²) in [7, 11) is 0. The van der Waals surface area contributed by atoms with Crippen molar-refractivity contribution in [3.05, 3.63) is 175 Å². The quantitative estimate of drug-likeness (QED) is 0.201. The van der Waals surface area contributed by atoms with Crippen LogP contribution in [0.5, 0.6) is 0 Å². The van der Waals surface area contributed by atoms with E-state index in [2.05, 4.69) is 183 Å². The van der Waals surface area contributed by atoms with E-state index in [1.165, 1.54) is 55.3 Å². The molecule has 0 aliphatic heterocycles. The van der Waals surface area contributed by atoms with E-state index in [1.807, 2.05) is 0 Å². The lowest BCUT2D eigenvalue weighted by Crippen LogP contribution is -2.14. The maximum atomic E-state index is 2.39. The molecule has 1 heteroatoms. The minimum Gasteiger partial charge on any atom is -0.310 e. The van der Waals surface area contributed by atoms with Crippen LogP contribution in [0.4, 0.5) is 17.1 Å². The Bertz CT molecular complexity index is 2020. The molecule has 0 unspecified atom stereocenters. The van der Waals surface area contributed by atoms with Crippen LogP contribution in [0.2, 0.25) is 0 Å². The summed E-state index contributed by atoms with van der Waals surface area (Å²) in [5, 5.41) is 2.56. The first kappa shape index (κ1) is 26.2. The zero-order valence-corrected chi connectivity index (χ0v) is 25.0. The van der Waals surface area contributed by atoms with E-state index >= 15 is 0 Å². The lowest BCUT2D eigenvalue weighted by atomic mass is 9.82. The SMILES string of the molecule is CC1(C)c2ccccc2-c2c1ccc1ccc(N(c3ccc(-c4ccccc4)cc3)c3ccc(-c4ccccc4)cc3)cc21. The van der Waals surface area contributed by atoms with Gasteiger partial charge in [0.05, 0.1) is 0 Å². The summed E-state index contributed by atoms with van der Waals surface area (Å²) in [6.07, 6.45) is 0. The van der Waals surface area contributed by atoms with E-state index in [0.29, 0.717) is 0 Å². The molecule has 0 amide bonds. The molecule has 0 radical (unpaired) electrons. The number of hydrogen-bond acceptors (Lipinski definition) is 1. The molecular formula is C43H33N. The van der Waals surface area contributed by atoms with Crippen molar-refractivity contribution in [3.63, 3.8) is 0 Å². The highest BCUT2D eigenvalue weighted by atomic mass is 15.1. The van der Waals surface area contributed by atoms with Crippen LogP contribution in [0.25, 0.3) is 44.2 Å². The van der Waals surface area contributed by atoms with Gasteiger partial charge in [-0.25, -0.2) is 0 Å². The topological polar surface area (TPSA) is 3.24 Å². The van der Waals surface area contributed by atoms with Gasteiger partial charge in [-0.05, 0) is 91.7 Å². The van der Waals surface area contributed by atoms with Crippen LogP contribution in [0.3, 0.4) is 0 Å². The Kier molecular flexibility index (Phi) is 6.20. The van der Waals surface area contributed by atoms with Gasteiger partial charge in [-0.15, -0.1) is 0 Å². The van der Waals surface area contributed by atoms with Crippen LogP contribution in [-0.4, -0.2) is 0 Å². The maximum Gasteiger partial charge on any atom is 0.0468 e. The summed E-state index contributed by atoms with van der Waals surface area (Å²) in [4.78, 5) is 2.38. The Balaban J connectivity index is 1.29. The molecule has 0 aromatic heterocycles.